The highest BCUT2D eigenvalue weighted by atomic mass is 16.5. The van der Waals surface area contributed by atoms with Gasteiger partial charge in [-0.3, -0.25) is 14.4 Å². The maximum Gasteiger partial charge on any atom is 0.310 e. The van der Waals surface area contributed by atoms with Gasteiger partial charge in [-0.25, -0.2) is 0 Å². The second kappa shape index (κ2) is 6.95. The fraction of sp³-hybridized carbons (Fsp3) is 0.500. The summed E-state index contributed by atoms with van der Waals surface area (Å²) in [6.07, 6.45) is 4.95. The topological polar surface area (TPSA) is 69.7 Å². The third kappa shape index (κ3) is 3.31. The van der Waals surface area contributed by atoms with Gasteiger partial charge in [-0.15, -0.1) is 0 Å². The van der Waals surface area contributed by atoms with E-state index >= 15 is 0 Å². The molecule has 5 heteroatoms. The van der Waals surface area contributed by atoms with Gasteiger partial charge in [0.2, 0.25) is 0 Å². The summed E-state index contributed by atoms with van der Waals surface area (Å²) in [4.78, 5) is 37.8. The van der Waals surface area contributed by atoms with Crippen molar-refractivity contribution in [3.63, 3.8) is 0 Å². The molecule has 27 heavy (non-hydrogen) atoms. The predicted molar refractivity (Wildman–Crippen MR) is 97.7 cm³/mol. The molecule has 142 valence electrons. The Morgan fingerprint density at radius 2 is 1.56 bits per heavy atom. The number of ether oxygens (including phenoxy) is 2. The molecule has 1 aromatic carbocycles. The molecule has 0 aromatic heterocycles. The van der Waals surface area contributed by atoms with Crippen LogP contribution >= 0.6 is 0 Å². The number of esters is 2. The lowest BCUT2D eigenvalue weighted by molar-refractivity contribution is -0.169. The Kier molecular flexibility index (Phi) is 4.62. The van der Waals surface area contributed by atoms with Crippen molar-refractivity contribution in [1.29, 1.82) is 0 Å². The van der Waals surface area contributed by atoms with Crippen LogP contribution in [0.4, 0.5) is 0 Å². The summed E-state index contributed by atoms with van der Waals surface area (Å²) in [5.74, 6) is -1.14. The van der Waals surface area contributed by atoms with Gasteiger partial charge in [-0.2, -0.15) is 0 Å². The molecule has 0 radical (unpaired) electrons. The zero-order chi connectivity index (χ0) is 19.1. The lowest BCUT2D eigenvalue weighted by atomic mass is 9.62. The van der Waals surface area contributed by atoms with Crippen LogP contribution in [-0.4, -0.2) is 30.4 Å². The third-order valence-electron chi connectivity index (χ3n) is 5.99. The highest BCUT2D eigenvalue weighted by Crippen LogP contribution is 2.63. The molecule has 6 atom stereocenters. The van der Waals surface area contributed by atoms with E-state index in [9.17, 15) is 14.4 Å². The normalized spacial score (nSPS) is 32.7. The van der Waals surface area contributed by atoms with Crippen LogP contribution in [0.2, 0.25) is 0 Å². The Morgan fingerprint density at radius 3 is 2.15 bits per heavy atom. The van der Waals surface area contributed by atoms with Gasteiger partial charge in [0.1, 0.15) is 0 Å². The van der Waals surface area contributed by atoms with E-state index in [0.29, 0.717) is 17.4 Å². The van der Waals surface area contributed by atoms with Gasteiger partial charge in [0.25, 0.3) is 0 Å². The average Bonchev–Trinajstić information content (AvgIpc) is 3.48. The van der Waals surface area contributed by atoms with E-state index in [0.717, 1.165) is 6.42 Å². The van der Waals surface area contributed by atoms with Crippen LogP contribution in [0.15, 0.2) is 42.5 Å². The van der Waals surface area contributed by atoms with Gasteiger partial charge in [-0.1, -0.05) is 42.5 Å². The van der Waals surface area contributed by atoms with E-state index < -0.39 is 17.8 Å². The molecule has 2 saturated carbocycles. The van der Waals surface area contributed by atoms with Gasteiger partial charge in [0, 0.05) is 5.56 Å². The minimum atomic E-state index is -0.557. The molecule has 0 heterocycles. The van der Waals surface area contributed by atoms with Crippen molar-refractivity contribution >= 4 is 17.7 Å². The van der Waals surface area contributed by atoms with Crippen LogP contribution in [0.1, 0.15) is 30.6 Å². The Bertz CT molecular complexity index is 781. The minimum absolute atomic E-state index is 0.00374. The summed E-state index contributed by atoms with van der Waals surface area (Å²) in [5.41, 5.74) is 0.508. The first-order chi connectivity index (χ1) is 13.0. The largest absolute Gasteiger partial charge is 0.463 e. The van der Waals surface area contributed by atoms with Crippen LogP contribution in [0, 0.1) is 35.5 Å². The lowest BCUT2D eigenvalue weighted by Gasteiger charge is -2.41. The Balaban J connectivity index is 1.48. The maximum absolute atomic E-state index is 12.9. The fourth-order valence-electron chi connectivity index (χ4n) is 4.77. The first-order valence-corrected chi connectivity index (χ1v) is 9.61. The fourth-order valence-corrected chi connectivity index (χ4v) is 4.77. The van der Waals surface area contributed by atoms with Crippen molar-refractivity contribution in [2.24, 2.45) is 35.5 Å². The zero-order valence-corrected chi connectivity index (χ0v) is 15.5. The van der Waals surface area contributed by atoms with E-state index in [1.807, 2.05) is 6.07 Å². The third-order valence-corrected chi connectivity index (χ3v) is 5.99. The number of hydrogen-bond acceptors (Lipinski definition) is 5. The molecule has 1 aromatic rings. The second-order valence-electron chi connectivity index (χ2n) is 8.04. The first kappa shape index (κ1) is 18.0. The van der Waals surface area contributed by atoms with Gasteiger partial charge >= 0.3 is 11.9 Å². The van der Waals surface area contributed by atoms with Crippen molar-refractivity contribution in [2.45, 2.75) is 26.4 Å². The monoisotopic (exact) mass is 368 g/mol. The van der Waals surface area contributed by atoms with Crippen molar-refractivity contribution < 1.29 is 23.9 Å². The van der Waals surface area contributed by atoms with Gasteiger partial charge in [0.05, 0.1) is 17.9 Å². The highest BCUT2D eigenvalue weighted by Gasteiger charge is 2.63. The molecule has 0 unspecified atom stereocenters. The average molecular weight is 368 g/mol. The molecule has 0 N–H and O–H groups in total. The van der Waals surface area contributed by atoms with Crippen molar-refractivity contribution in [3.8, 4) is 0 Å². The molecule has 0 saturated heterocycles. The molecule has 0 spiro atoms. The predicted octanol–water partition coefficient (Wildman–Crippen LogP) is 3.05. The summed E-state index contributed by atoms with van der Waals surface area (Å²) in [6, 6.07) is 8.75. The zero-order valence-electron chi connectivity index (χ0n) is 15.5. The summed E-state index contributed by atoms with van der Waals surface area (Å²) in [6.45, 7) is 3.31. The molecule has 4 aliphatic carbocycles. The van der Waals surface area contributed by atoms with Crippen molar-refractivity contribution in [1.82, 2.24) is 0 Å². The van der Waals surface area contributed by atoms with E-state index in [-0.39, 0.29) is 36.3 Å². The smallest absolute Gasteiger partial charge is 0.310 e. The number of allylic oxidation sites excluding steroid dienone is 2. The summed E-state index contributed by atoms with van der Waals surface area (Å²) in [5, 5.41) is 0. The Morgan fingerprint density at radius 1 is 0.963 bits per heavy atom. The molecule has 0 aliphatic heterocycles. The summed E-state index contributed by atoms with van der Waals surface area (Å²) < 4.78 is 10.8. The standard InChI is InChI=1S/C22H24O5/c1-12(2)27-22(25)20-15-9-8-14(16-10-17(15)16)19(20)21(24)26-11-18(23)13-6-4-3-5-7-13/h3-9,12,14-17,19-20H,10-11H2,1-2H3/t14-,15-,16-,17-,19+,20+/m0/s1. The van der Waals surface area contributed by atoms with Gasteiger partial charge < -0.3 is 9.47 Å². The summed E-state index contributed by atoms with van der Waals surface area (Å²) in [7, 11) is 0. The molecular formula is C22H24O5. The molecule has 2 bridgehead atoms. The van der Waals surface area contributed by atoms with Crippen LogP contribution in [-0.2, 0) is 19.1 Å². The number of benzene rings is 1. The molecular weight excluding hydrogens is 344 g/mol. The SMILES string of the molecule is CC(C)OC(=O)[C@@H]1[C@H]2C=C[C@@H]([C@@H]3C[C@@H]23)[C@H]1C(=O)OCC(=O)c1ccccc1. The Hall–Kier alpha value is -2.43. The van der Waals surface area contributed by atoms with Crippen molar-refractivity contribution in [3.05, 3.63) is 48.0 Å². The number of carbonyl (C=O) groups excluding carboxylic acids is 3. The van der Waals surface area contributed by atoms with Crippen LogP contribution in [0.3, 0.4) is 0 Å². The molecule has 0 amide bonds. The van der Waals surface area contributed by atoms with Crippen molar-refractivity contribution in [2.75, 3.05) is 6.61 Å². The van der Waals surface area contributed by atoms with Crippen LogP contribution in [0.5, 0.6) is 0 Å². The second-order valence-corrected chi connectivity index (χ2v) is 8.04. The number of hydrogen-bond donors (Lipinski definition) is 0. The van der Waals surface area contributed by atoms with E-state index in [1.54, 1.807) is 38.1 Å². The quantitative estimate of drug-likeness (QED) is 0.438. The Labute approximate surface area is 158 Å². The minimum Gasteiger partial charge on any atom is -0.463 e. The first-order valence-electron chi connectivity index (χ1n) is 9.61. The summed E-state index contributed by atoms with van der Waals surface area (Å²) >= 11 is 0. The maximum atomic E-state index is 12.9. The highest BCUT2D eigenvalue weighted by molar-refractivity contribution is 5.98. The van der Waals surface area contributed by atoms with E-state index in [4.69, 9.17) is 9.47 Å². The molecule has 2 fully saturated rings. The van der Waals surface area contributed by atoms with E-state index in [1.165, 1.54) is 0 Å². The number of ketones is 1. The number of carbonyl (C=O) groups is 3. The molecule has 5 rings (SSSR count). The lowest BCUT2D eigenvalue weighted by Crippen LogP contribution is -2.48. The number of Topliss-reactive ketones (excluding diaryl/α,β-unsaturated/α-hetero) is 1. The van der Waals surface area contributed by atoms with Crippen LogP contribution in [0.25, 0.3) is 0 Å². The van der Waals surface area contributed by atoms with Crippen LogP contribution < -0.4 is 0 Å². The number of fused-ring (bicyclic) bond motifs is 1. The molecule has 4 aliphatic rings. The van der Waals surface area contributed by atoms with Gasteiger partial charge in [-0.05, 0) is 43.9 Å². The van der Waals surface area contributed by atoms with Gasteiger partial charge in [0.15, 0.2) is 12.4 Å². The number of rotatable bonds is 6. The molecule has 5 nitrogen and oxygen atoms in total. The van der Waals surface area contributed by atoms with E-state index in [2.05, 4.69) is 12.2 Å².